The number of hydrogen-bond donors (Lipinski definition) is 1. The maximum absolute atomic E-state index is 11.8. The van der Waals surface area contributed by atoms with E-state index in [0.29, 0.717) is 10.2 Å². The highest BCUT2D eigenvalue weighted by atomic mass is 79.9. The zero-order valence-electron chi connectivity index (χ0n) is 8.11. The molecule has 0 bridgehead atoms. The van der Waals surface area contributed by atoms with Gasteiger partial charge in [-0.2, -0.15) is 0 Å². The SMILES string of the molecule is CN(CC(N)=S)C(=O)c1ncccc1Br. The number of pyridine rings is 1. The number of carbonyl (C=O) groups is 1. The number of halogens is 1. The van der Waals surface area contributed by atoms with Gasteiger partial charge in [0.15, 0.2) is 0 Å². The first-order chi connectivity index (χ1) is 7.02. The van der Waals surface area contributed by atoms with Crippen LogP contribution >= 0.6 is 28.1 Å². The van der Waals surface area contributed by atoms with Gasteiger partial charge in [-0.05, 0) is 28.1 Å². The van der Waals surface area contributed by atoms with Crippen LogP contribution in [0.3, 0.4) is 0 Å². The topological polar surface area (TPSA) is 59.2 Å². The van der Waals surface area contributed by atoms with Gasteiger partial charge in [-0.15, -0.1) is 0 Å². The van der Waals surface area contributed by atoms with Crippen LogP contribution in [-0.4, -0.2) is 34.4 Å². The molecule has 0 aliphatic heterocycles. The molecule has 0 saturated carbocycles. The lowest BCUT2D eigenvalue weighted by atomic mass is 10.3. The van der Waals surface area contributed by atoms with Gasteiger partial charge in [-0.3, -0.25) is 4.79 Å². The molecule has 1 amide bonds. The third-order valence-electron chi connectivity index (χ3n) is 1.70. The Labute approximate surface area is 102 Å². The Kier molecular flexibility index (Phi) is 4.16. The Bertz CT molecular complexity index is 397. The molecular weight excluding hydrogens is 278 g/mol. The molecule has 1 heterocycles. The molecule has 0 spiro atoms. The summed E-state index contributed by atoms with van der Waals surface area (Å²) in [6, 6.07) is 3.50. The minimum atomic E-state index is -0.213. The Morgan fingerprint density at radius 3 is 2.93 bits per heavy atom. The molecule has 0 saturated heterocycles. The molecule has 1 rings (SSSR count). The Balaban J connectivity index is 2.85. The average molecular weight is 288 g/mol. The van der Waals surface area contributed by atoms with Gasteiger partial charge in [0.05, 0.1) is 11.5 Å². The number of rotatable bonds is 3. The Hall–Kier alpha value is -1.01. The second-order valence-corrected chi connectivity index (χ2v) is 4.34. The smallest absolute Gasteiger partial charge is 0.273 e. The fraction of sp³-hybridized carbons (Fsp3) is 0.222. The largest absolute Gasteiger partial charge is 0.392 e. The molecule has 0 aliphatic carbocycles. The lowest BCUT2D eigenvalue weighted by Gasteiger charge is -2.15. The molecule has 0 unspecified atom stereocenters. The number of thiocarbonyl (C=S) groups is 1. The van der Waals surface area contributed by atoms with Gasteiger partial charge in [-0.25, -0.2) is 4.98 Å². The number of aromatic nitrogens is 1. The Morgan fingerprint density at radius 2 is 2.40 bits per heavy atom. The summed E-state index contributed by atoms with van der Waals surface area (Å²) < 4.78 is 0.657. The maximum atomic E-state index is 11.8. The fourth-order valence-corrected chi connectivity index (χ4v) is 1.65. The second kappa shape index (κ2) is 5.18. The normalized spacial score (nSPS) is 9.73. The molecular formula is C9H10BrN3OS. The molecule has 0 aliphatic rings. The predicted molar refractivity (Wildman–Crippen MR) is 65.7 cm³/mol. The van der Waals surface area contributed by atoms with Crippen LogP contribution in [0.2, 0.25) is 0 Å². The molecule has 0 aromatic carbocycles. The summed E-state index contributed by atoms with van der Waals surface area (Å²) in [6.07, 6.45) is 1.56. The van der Waals surface area contributed by atoms with Crippen LogP contribution in [0.5, 0.6) is 0 Å². The molecule has 4 nitrogen and oxygen atoms in total. The van der Waals surface area contributed by atoms with Crippen molar-refractivity contribution in [1.29, 1.82) is 0 Å². The highest BCUT2D eigenvalue weighted by molar-refractivity contribution is 9.10. The van der Waals surface area contributed by atoms with Gasteiger partial charge >= 0.3 is 0 Å². The molecule has 0 fully saturated rings. The molecule has 15 heavy (non-hydrogen) atoms. The predicted octanol–water partition coefficient (Wildman–Crippen LogP) is 1.20. The minimum Gasteiger partial charge on any atom is -0.392 e. The lowest BCUT2D eigenvalue weighted by molar-refractivity contribution is 0.0808. The molecule has 6 heteroatoms. The first-order valence-corrected chi connectivity index (χ1v) is 5.36. The number of amides is 1. The van der Waals surface area contributed by atoms with E-state index < -0.39 is 0 Å². The third kappa shape index (κ3) is 3.24. The van der Waals surface area contributed by atoms with E-state index in [1.165, 1.54) is 4.90 Å². The summed E-state index contributed by atoms with van der Waals surface area (Å²) in [5.41, 5.74) is 5.71. The summed E-state index contributed by atoms with van der Waals surface area (Å²) in [4.78, 5) is 17.5. The first-order valence-electron chi connectivity index (χ1n) is 4.16. The molecule has 1 aromatic heterocycles. The van der Waals surface area contributed by atoms with E-state index in [-0.39, 0.29) is 17.4 Å². The number of likely N-dealkylation sites (N-methyl/N-ethyl adjacent to an activating group) is 1. The van der Waals surface area contributed by atoms with Crippen LogP contribution in [0, 0.1) is 0 Å². The highest BCUT2D eigenvalue weighted by Gasteiger charge is 2.16. The summed E-state index contributed by atoms with van der Waals surface area (Å²) in [6.45, 7) is 0.247. The van der Waals surface area contributed by atoms with E-state index in [0.717, 1.165) is 0 Å². The zero-order chi connectivity index (χ0) is 11.4. The second-order valence-electron chi connectivity index (χ2n) is 2.96. The van der Waals surface area contributed by atoms with Gasteiger partial charge in [0.1, 0.15) is 5.69 Å². The van der Waals surface area contributed by atoms with Gasteiger partial charge in [0.25, 0.3) is 5.91 Å². The fourth-order valence-electron chi connectivity index (χ4n) is 1.03. The van der Waals surface area contributed by atoms with Crippen molar-refractivity contribution in [3.05, 3.63) is 28.5 Å². The molecule has 1 aromatic rings. The molecule has 80 valence electrons. The zero-order valence-corrected chi connectivity index (χ0v) is 10.5. The van der Waals surface area contributed by atoms with Gasteiger partial charge < -0.3 is 10.6 Å². The van der Waals surface area contributed by atoms with Gasteiger partial charge in [0.2, 0.25) is 0 Å². The van der Waals surface area contributed by atoms with Crippen LogP contribution in [0.1, 0.15) is 10.5 Å². The average Bonchev–Trinajstić information content (AvgIpc) is 2.16. The van der Waals surface area contributed by atoms with Crippen molar-refractivity contribution in [2.75, 3.05) is 13.6 Å². The van der Waals surface area contributed by atoms with Crippen LogP contribution < -0.4 is 5.73 Å². The summed E-state index contributed by atoms with van der Waals surface area (Å²) >= 11 is 7.98. The van der Waals surface area contributed by atoms with Crippen LogP contribution in [0.4, 0.5) is 0 Å². The number of carbonyl (C=O) groups excluding carboxylic acids is 1. The number of nitrogens with two attached hydrogens (primary N) is 1. The van der Waals surface area contributed by atoms with Crippen LogP contribution in [-0.2, 0) is 0 Å². The monoisotopic (exact) mass is 287 g/mol. The van der Waals surface area contributed by atoms with E-state index in [9.17, 15) is 4.79 Å². The van der Waals surface area contributed by atoms with E-state index >= 15 is 0 Å². The van der Waals surface area contributed by atoms with Crippen molar-refractivity contribution in [2.24, 2.45) is 5.73 Å². The third-order valence-corrected chi connectivity index (χ3v) is 2.47. The van der Waals surface area contributed by atoms with E-state index in [4.69, 9.17) is 18.0 Å². The van der Waals surface area contributed by atoms with Crippen molar-refractivity contribution in [3.63, 3.8) is 0 Å². The van der Waals surface area contributed by atoms with Gasteiger partial charge in [-0.1, -0.05) is 12.2 Å². The molecule has 0 radical (unpaired) electrons. The van der Waals surface area contributed by atoms with Crippen molar-refractivity contribution < 1.29 is 4.79 Å². The van der Waals surface area contributed by atoms with Crippen LogP contribution in [0.15, 0.2) is 22.8 Å². The van der Waals surface area contributed by atoms with Crippen molar-refractivity contribution >= 4 is 39.0 Å². The van der Waals surface area contributed by atoms with Crippen molar-refractivity contribution in [2.45, 2.75) is 0 Å². The first kappa shape index (κ1) is 12.1. The van der Waals surface area contributed by atoms with E-state index in [1.807, 2.05) is 0 Å². The lowest BCUT2D eigenvalue weighted by Crippen LogP contribution is -2.35. The van der Waals surface area contributed by atoms with Gasteiger partial charge in [0, 0.05) is 17.7 Å². The Morgan fingerprint density at radius 1 is 1.73 bits per heavy atom. The summed E-state index contributed by atoms with van der Waals surface area (Å²) in [5.74, 6) is -0.213. The maximum Gasteiger partial charge on any atom is 0.273 e. The van der Waals surface area contributed by atoms with Crippen LogP contribution in [0.25, 0.3) is 0 Å². The molecule has 2 N–H and O–H groups in total. The summed E-state index contributed by atoms with van der Waals surface area (Å²) in [7, 11) is 1.63. The van der Waals surface area contributed by atoms with E-state index in [1.54, 1.807) is 25.4 Å². The highest BCUT2D eigenvalue weighted by Crippen LogP contribution is 2.14. The van der Waals surface area contributed by atoms with E-state index in [2.05, 4.69) is 20.9 Å². The standard InChI is InChI=1S/C9H10BrN3OS/c1-13(5-7(11)15)9(14)8-6(10)3-2-4-12-8/h2-4H,5H2,1H3,(H2,11,15). The van der Waals surface area contributed by atoms with Crippen molar-refractivity contribution in [1.82, 2.24) is 9.88 Å². The number of nitrogens with zero attached hydrogens (tertiary/aromatic N) is 2. The molecule has 0 atom stereocenters. The number of hydrogen-bond acceptors (Lipinski definition) is 3. The van der Waals surface area contributed by atoms with Crippen molar-refractivity contribution in [3.8, 4) is 0 Å². The summed E-state index contributed by atoms with van der Waals surface area (Å²) in [5, 5.41) is 0. The quantitative estimate of drug-likeness (QED) is 0.849. The minimum absolute atomic E-state index is 0.213.